The molecule has 0 saturated heterocycles. The summed E-state index contributed by atoms with van der Waals surface area (Å²) in [6.45, 7) is 2.80. The molecule has 0 bridgehead atoms. The largest absolute Gasteiger partial charge is 0.368 e. The predicted octanol–water partition coefficient (Wildman–Crippen LogP) is 1.98. The van der Waals surface area contributed by atoms with Crippen molar-refractivity contribution >= 4 is 11.8 Å². The van der Waals surface area contributed by atoms with Crippen molar-refractivity contribution in [3.63, 3.8) is 0 Å². The topological polar surface area (TPSA) is 63.8 Å². The molecule has 82 valence electrons. The smallest absolute Gasteiger partial charge is 0.221 e. The maximum absolute atomic E-state index is 5.49. The lowest BCUT2D eigenvalue weighted by Crippen LogP contribution is -2.03. The molecule has 0 atom stereocenters. The first-order valence-corrected chi connectivity index (χ1v) is 5.12. The molecule has 16 heavy (non-hydrogen) atoms. The van der Waals surface area contributed by atoms with Gasteiger partial charge in [-0.15, -0.1) is 0 Å². The summed E-state index contributed by atoms with van der Waals surface area (Å²) in [6.07, 6.45) is 1.64. The number of aromatic nitrogens is 2. The van der Waals surface area contributed by atoms with Crippen LogP contribution in [0.4, 0.5) is 11.8 Å². The number of nitrogens with one attached hydrogen (secondary N) is 1. The van der Waals surface area contributed by atoms with Gasteiger partial charge in [0.2, 0.25) is 5.95 Å². The van der Waals surface area contributed by atoms with Crippen molar-refractivity contribution in [2.24, 2.45) is 0 Å². The number of nitrogens with two attached hydrogens (primary N) is 1. The summed E-state index contributed by atoms with van der Waals surface area (Å²) in [5.41, 5.74) is 7.96. The van der Waals surface area contributed by atoms with E-state index < -0.39 is 0 Å². The lowest BCUT2D eigenvalue weighted by atomic mass is 10.1. The van der Waals surface area contributed by atoms with Gasteiger partial charge in [0.15, 0.2) is 0 Å². The van der Waals surface area contributed by atoms with Crippen LogP contribution in [0.25, 0.3) is 0 Å². The molecule has 0 aliphatic rings. The molecule has 0 unspecified atom stereocenters. The maximum atomic E-state index is 5.49. The highest BCUT2D eigenvalue weighted by Crippen LogP contribution is 2.07. The lowest BCUT2D eigenvalue weighted by Gasteiger charge is -2.05. The van der Waals surface area contributed by atoms with E-state index in [9.17, 15) is 0 Å². The van der Waals surface area contributed by atoms with E-state index in [0.717, 1.165) is 12.4 Å². The van der Waals surface area contributed by atoms with E-state index in [2.05, 4.69) is 46.5 Å². The number of aryl methyl sites for hydroxylation is 1. The van der Waals surface area contributed by atoms with Crippen LogP contribution in [0.5, 0.6) is 0 Å². The number of nitrogens with zero attached hydrogens (tertiary/aromatic N) is 2. The summed E-state index contributed by atoms with van der Waals surface area (Å²) in [6, 6.07) is 10.2. The van der Waals surface area contributed by atoms with Gasteiger partial charge in [0.25, 0.3) is 0 Å². The Labute approximate surface area is 94.5 Å². The van der Waals surface area contributed by atoms with Crippen LogP contribution in [0.15, 0.2) is 36.5 Å². The second-order valence-electron chi connectivity index (χ2n) is 3.64. The number of benzene rings is 1. The fourth-order valence-corrected chi connectivity index (χ4v) is 1.37. The van der Waals surface area contributed by atoms with Crippen molar-refractivity contribution in [1.82, 2.24) is 9.97 Å². The van der Waals surface area contributed by atoms with Crippen LogP contribution in [-0.2, 0) is 6.54 Å². The first-order chi connectivity index (χ1) is 7.74. The molecule has 2 rings (SSSR count). The molecule has 0 amide bonds. The molecule has 0 aliphatic carbocycles. The normalized spacial score (nSPS) is 10.1. The minimum Gasteiger partial charge on any atom is -0.368 e. The fourth-order valence-electron chi connectivity index (χ4n) is 1.37. The highest BCUT2D eigenvalue weighted by atomic mass is 15.1. The van der Waals surface area contributed by atoms with Crippen LogP contribution in [0.2, 0.25) is 0 Å². The van der Waals surface area contributed by atoms with Gasteiger partial charge in [-0.3, -0.25) is 0 Å². The molecule has 4 heteroatoms. The molecular formula is C12H14N4. The van der Waals surface area contributed by atoms with Gasteiger partial charge in [-0.05, 0) is 18.6 Å². The summed E-state index contributed by atoms with van der Waals surface area (Å²) in [5.74, 6) is 1.03. The van der Waals surface area contributed by atoms with Gasteiger partial charge >= 0.3 is 0 Å². The van der Waals surface area contributed by atoms with E-state index in [1.807, 2.05) is 0 Å². The molecule has 0 radical (unpaired) electrons. The van der Waals surface area contributed by atoms with Gasteiger partial charge in [0, 0.05) is 12.7 Å². The van der Waals surface area contributed by atoms with E-state index >= 15 is 0 Å². The zero-order valence-electron chi connectivity index (χ0n) is 9.14. The van der Waals surface area contributed by atoms with Gasteiger partial charge in [-0.2, -0.15) is 4.98 Å². The third kappa shape index (κ3) is 2.70. The predicted molar refractivity (Wildman–Crippen MR) is 65.0 cm³/mol. The second-order valence-corrected chi connectivity index (χ2v) is 3.64. The van der Waals surface area contributed by atoms with Gasteiger partial charge in [0.05, 0.1) is 0 Å². The van der Waals surface area contributed by atoms with E-state index in [-0.39, 0.29) is 5.95 Å². The van der Waals surface area contributed by atoms with Crippen molar-refractivity contribution in [1.29, 1.82) is 0 Å². The van der Waals surface area contributed by atoms with Crippen molar-refractivity contribution < 1.29 is 0 Å². The van der Waals surface area contributed by atoms with Crippen molar-refractivity contribution in [2.45, 2.75) is 13.5 Å². The Hall–Kier alpha value is -2.10. The van der Waals surface area contributed by atoms with E-state index in [1.54, 1.807) is 12.3 Å². The van der Waals surface area contributed by atoms with Crippen LogP contribution in [0.1, 0.15) is 11.1 Å². The molecular weight excluding hydrogens is 200 g/mol. The SMILES string of the molecule is Cc1ccc(CNc2ccnc(N)n2)cc1. The standard InChI is InChI=1S/C12H14N4/c1-9-2-4-10(5-3-9)8-15-11-6-7-14-12(13)16-11/h2-7H,8H2,1H3,(H3,13,14,15,16). The lowest BCUT2D eigenvalue weighted by molar-refractivity contribution is 1.09. The summed E-state index contributed by atoms with van der Waals surface area (Å²) in [5, 5.41) is 3.19. The molecule has 0 spiro atoms. The molecule has 1 aromatic carbocycles. The monoisotopic (exact) mass is 214 g/mol. The van der Waals surface area contributed by atoms with Crippen molar-refractivity contribution in [3.05, 3.63) is 47.7 Å². The van der Waals surface area contributed by atoms with E-state index in [4.69, 9.17) is 5.73 Å². The molecule has 1 heterocycles. The third-order valence-corrected chi connectivity index (χ3v) is 2.27. The zero-order valence-corrected chi connectivity index (χ0v) is 9.14. The van der Waals surface area contributed by atoms with Crippen LogP contribution < -0.4 is 11.1 Å². The van der Waals surface area contributed by atoms with E-state index in [0.29, 0.717) is 0 Å². The molecule has 2 aromatic rings. The van der Waals surface area contributed by atoms with E-state index in [1.165, 1.54) is 11.1 Å². The fraction of sp³-hybridized carbons (Fsp3) is 0.167. The third-order valence-electron chi connectivity index (χ3n) is 2.27. The Morgan fingerprint density at radius 2 is 1.94 bits per heavy atom. The Morgan fingerprint density at radius 3 is 2.62 bits per heavy atom. The van der Waals surface area contributed by atoms with Crippen molar-refractivity contribution in [2.75, 3.05) is 11.1 Å². The highest BCUT2D eigenvalue weighted by Gasteiger charge is 1.96. The minimum atomic E-state index is 0.286. The molecule has 1 aromatic heterocycles. The van der Waals surface area contributed by atoms with Gasteiger partial charge < -0.3 is 11.1 Å². The molecule has 4 nitrogen and oxygen atoms in total. The van der Waals surface area contributed by atoms with Crippen LogP contribution in [0.3, 0.4) is 0 Å². The zero-order chi connectivity index (χ0) is 11.4. The van der Waals surface area contributed by atoms with Crippen molar-refractivity contribution in [3.8, 4) is 0 Å². The summed E-state index contributed by atoms with van der Waals surface area (Å²) < 4.78 is 0. The van der Waals surface area contributed by atoms with Crippen LogP contribution >= 0.6 is 0 Å². The van der Waals surface area contributed by atoms with Gasteiger partial charge in [0.1, 0.15) is 5.82 Å². The average molecular weight is 214 g/mol. The van der Waals surface area contributed by atoms with Gasteiger partial charge in [-0.25, -0.2) is 4.98 Å². The van der Waals surface area contributed by atoms with Gasteiger partial charge in [-0.1, -0.05) is 29.8 Å². The Balaban J connectivity index is 1.99. The number of anilines is 2. The minimum absolute atomic E-state index is 0.286. The number of hydrogen-bond acceptors (Lipinski definition) is 4. The maximum Gasteiger partial charge on any atom is 0.221 e. The Kier molecular flexibility index (Phi) is 3.00. The number of rotatable bonds is 3. The number of nitrogen functional groups attached to an aromatic ring is 1. The molecule has 0 saturated carbocycles. The number of hydrogen-bond donors (Lipinski definition) is 2. The second kappa shape index (κ2) is 4.61. The summed E-state index contributed by atoms with van der Waals surface area (Å²) in [7, 11) is 0. The molecule has 3 N–H and O–H groups in total. The first kappa shape index (κ1) is 10.4. The molecule has 0 fully saturated rings. The summed E-state index contributed by atoms with van der Waals surface area (Å²) >= 11 is 0. The Morgan fingerprint density at radius 1 is 1.19 bits per heavy atom. The average Bonchev–Trinajstić information content (AvgIpc) is 2.28. The first-order valence-electron chi connectivity index (χ1n) is 5.12. The highest BCUT2D eigenvalue weighted by molar-refractivity contribution is 5.38. The quantitative estimate of drug-likeness (QED) is 0.820. The van der Waals surface area contributed by atoms with Crippen LogP contribution in [0, 0.1) is 6.92 Å². The summed E-state index contributed by atoms with van der Waals surface area (Å²) in [4.78, 5) is 7.89. The Bertz CT molecular complexity index is 465. The van der Waals surface area contributed by atoms with Crippen LogP contribution in [-0.4, -0.2) is 9.97 Å². The molecule has 0 aliphatic heterocycles.